The lowest BCUT2D eigenvalue weighted by molar-refractivity contribution is 0.230. The Bertz CT molecular complexity index is 288. The van der Waals surface area contributed by atoms with Gasteiger partial charge in [0.25, 0.3) is 0 Å². The predicted molar refractivity (Wildman–Crippen MR) is 58.0 cm³/mol. The van der Waals surface area contributed by atoms with E-state index in [-0.39, 0.29) is 6.10 Å². The topological polar surface area (TPSA) is 35.2 Å². The molecule has 0 saturated carbocycles. The molecule has 0 spiro atoms. The minimum absolute atomic E-state index is 0.0645. The zero-order valence-electron chi connectivity index (χ0n) is 7.88. The van der Waals surface area contributed by atoms with Gasteiger partial charge in [0, 0.05) is 11.0 Å². The second kappa shape index (κ2) is 4.63. The van der Waals surface area contributed by atoms with Gasteiger partial charge in [-0.1, -0.05) is 22.0 Å². The molecule has 0 aliphatic carbocycles. The fourth-order valence-electron chi connectivity index (χ4n) is 0.927. The lowest BCUT2D eigenvalue weighted by Gasteiger charge is -2.12. The smallest absolute Gasteiger partial charge is 0.120 e. The first-order chi connectivity index (χ1) is 6.13. The van der Waals surface area contributed by atoms with Crippen LogP contribution in [-0.4, -0.2) is 12.6 Å². The highest BCUT2D eigenvalue weighted by Crippen LogP contribution is 2.22. The van der Waals surface area contributed by atoms with Gasteiger partial charge in [-0.2, -0.15) is 0 Å². The molecule has 1 atom stereocenters. The van der Waals surface area contributed by atoms with Gasteiger partial charge in [-0.05, 0) is 31.5 Å². The van der Waals surface area contributed by atoms with Crippen molar-refractivity contribution in [3.05, 3.63) is 28.2 Å². The van der Waals surface area contributed by atoms with Gasteiger partial charge >= 0.3 is 0 Å². The number of halogens is 1. The summed E-state index contributed by atoms with van der Waals surface area (Å²) in [5, 5.41) is 0. The molecule has 3 heteroatoms. The van der Waals surface area contributed by atoms with Crippen molar-refractivity contribution < 1.29 is 4.74 Å². The SMILES string of the molecule is Cc1ccc(OC(C)CN)cc1Br. The number of benzene rings is 1. The predicted octanol–water partition coefficient (Wildman–Crippen LogP) is 2.48. The second-order valence-electron chi connectivity index (χ2n) is 3.08. The summed E-state index contributed by atoms with van der Waals surface area (Å²) >= 11 is 3.45. The Morgan fingerprint density at radius 2 is 2.23 bits per heavy atom. The Morgan fingerprint density at radius 3 is 2.77 bits per heavy atom. The summed E-state index contributed by atoms with van der Waals surface area (Å²) in [5.41, 5.74) is 6.65. The molecule has 1 unspecified atom stereocenters. The lowest BCUT2D eigenvalue weighted by Crippen LogP contribution is -2.22. The van der Waals surface area contributed by atoms with Crippen LogP contribution in [0.5, 0.6) is 5.75 Å². The van der Waals surface area contributed by atoms with Crippen molar-refractivity contribution in [2.45, 2.75) is 20.0 Å². The largest absolute Gasteiger partial charge is 0.489 e. The molecule has 0 saturated heterocycles. The third kappa shape index (κ3) is 3.01. The first kappa shape index (κ1) is 10.5. The number of ether oxygens (including phenoxy) is 1. The maximum Gasteiger partial charge on any atom is 0.120 e. The third-order valence-electron chi connectivity index (χ3n) is 1.81. The van der Waals surface area contributed by atoms with E-state index in [0.717, 1.165) is 10.2 Å². The molecule has 0 aromatic heterocycles. The summed E-state index contributed by atoms with van der Waals surface area (Å²) < 4.78 is 6.61. The molecule has 0 heterocycles. The maximum atomic E-state index is 5.54. The van der Waals surface area contributed by atoms with Crippen LogP contribution in [0.1, 0.15) is 12.5 Å². The summed E-state index contributed by atoms with van der Waals surface area (Å²) in [6, 6.07) is 5.93. The molecule has 0 fully saturated rings. The highest BCUT2D eigenvalue weighted by Gasteiger charge is 2.02. The molecule has 72 valence electrons. The fraction of sp³-hybridized carbons (Fsp3) is 0.400. The van der Waals surface area contributed by atoms with Crippen LogP contribution in [0.3, 0.4) is 0 Å². The van der Waals surface area contributed by atoms with Crippen molar-refractivity contribution in [1.29, 1.82) is 0 Å². The molecule has 1 aromatic carbocycles. The van der Waals surface area contributed by atoms with Gasteiger partial charge in [0.1, 0.15) is 11.9 Å². The summed E-state index contributed by atoms with van der Waals surface area (Å²) in [6.07, 6.45) is 0.0645. The van der Waals surface area contributed by atoms with Crippen LogP contribution in [0.2, 0.25) is 0 Å². The van der Waals surface area contributed by atoms with Crippen molar-refractivity contribution in [2.75, 3.05) is 6.54 Å². The van der Waals surface area contributed by atoms with Crippen molar-refractivity contribution in [2.24, 2.45) is 5.73 Å². The van der Waals surface area contributed by atoms with Gasteiger partial charge in [0.15, 0.2) is 0 Å². The van der Waals surface area contributed by atoms with Crippen molar-refractivity contribution in [1.82, 2.24) is 0 Å². The van der Waals surface area contributed by atoms with Crippen LogP contribution >= 0.6 is 15.9 Å². The number of aryl methyl sites for hydroxylation is 1. The third-order valence-corrected chi connectivity index (χ3v) is 2.67. The summed E-state index contributed by atoms with van der Waals surface area (Å²) in [6.45, 7) is 4.53. The highest BCUT2D eigenvalue weighted by atomic mass is 79.9. The zero-order chi connectivity index (χ0) is 9.84. The van der Waals surface area contributed by atoms with Gasteiger partial charge in [0.05, 0.1) is 0 Å². The molecule has 0 bridgehead atoms. The van der Waals surface area contributed by atoms with Crippen LogP contribution in [0.15, 0.2) is 22.7 Å². The summed E-state index contributed by atoms with van der Waals surface area (Å²) in [4.78, 5) is 0. The monoisotopic (exact) mass is 243 g/mol. The van der Waals surface area contributed by atoms with Gasteiger partial charge in [-0.3, -0.25) is 0 Å². The van der Waals surface area contributed by atoms with E-state index in [0.29, 0.717) is 6.54 Å². The first-order valence-corrected chi connectivity index (χ1v) is 5.05. The van der Waals surface area contributed by atoms with Gasteiger partial charge in [-0.15, -0.1) is 0 Å². The molecule has 0 radical (unpaired) electrons. The normalized spacial score (nSPS) is 12.6. The quantitative estimate of drug-likeness (QED) is 0.886. The van der Waals surface area contributed by atoms with Crippen molar-refractivity contribution in [3.8, 4) is 5.75 Å². The molecule has 1 rings (SSSR count). The number of hydrogen-bond acceptors (Lipinski definition) is 2. The van der Waals surface area contributed by atoms with Crippen molar-refractivity contribution in [3.63, 3.8) is 0 Å². The van der Waals surface area contributed by atoms with Crippen LogP contribution in [0.4, 0.5) is 0 Å². The van der Waals surface area contributed by atoms with Crippen LogP contribution < -0.4 is 10.5 Å². The van der Waals surface area contributed by atoms with E-state index in [2.05, 4.69) is 15.9 Å². The maximum absolute atomic E-state index is 5.54. The minimum atomic E-state index is 0.0645. The van der Waals surface area contributed by atoms with Crippen LogP contribution in [-0.2, 0) is 0 Å². The molecule has 2 nitrogen and oxygen atoms in total. The Morgan fingerprint density at radius 1 is 1.54 bits per heavy atom. The van der Waals surface area contributed by atoms with Crippen LogP contribution in [0, 0.1) is 6.92 Å². The Balaban J connectivity index is 2.73. The fourth-order valence-corrected chi connectivity index (χ4v) is 1.29. The van der Waals surface area contributed by atoms with E-state index in [1.807, 2.05) is 32.0 Å². The number of nitrogens with two attached hydrogens (primary N) is 1. The number of rotatable bonds is 3. The molecule has 1 aromatic rings. The van der Waals surface area contributed by atoms with E-state index in [1.165, 1.54) is 5.56 Å². The van der Waals surface area contributed by atoms with E-state index in [1.54, 1.807) is 0 Å². The Labute approximate surface area is 87.2 Å². The van der Waals surface area contributed by atoms with E-state index >= 15 is 0 Å². The average Bonchev–Trinajstić information content (AvgIpc) is 2.11. The molecular formula is C10H14BrNO. The zero-order valence-corrected chi connectivity index (χ0v) is 9.47. The van der Waals surface area contributed by atoms with Crippen molar-refractivity contribution >= 4 is 15.9 Å². The molecule has 0 aliphatic heterocycles. The van der Waals surface area contributed by atoms with Gasteiger partial charge < -0.3 is 10.5 Å². The summed E-state index contributed by atoms with van der Waals surface area (Å²) in [7, 11) is 0. The second-order valence-corrected chi connectivity index (χ2v) is 3.93. The molecule has 2 N–H and O–H groups in total. The van der Waals surface area contributed by atoms with E-state index in [9.17, 15) is 0 Å². The number of hydrogen-bond donors (Lipinski definition) is 1. The average molecular weight is 244 g/mol. The minimum Gasteiger partial charge on any atom is -0.489 e. The van der Waals surface area contributed by atoms with E-state index in [4.69, 9.17) is 10.5 Å². The molecular weight excluding hydrogens is 230 g/mol. The first-order valence-electron chi connectivity index (χ1n) is 4.26. The van der Waals surface area contributed by atoms with Gasteiger partial charge in [-0.25, -0.2) is 0 Å². The Kier molecular flexibility index (Phi) is 3.75. The molecule has 13 heavy (non-hydrogen) atoms. The highest BCUT2D eigenvalue weighted by molar-refractivity contribution is 9.10. The van der Waals surface area contributed by atoms with E-state index < -0.39 is 0 Å². The summed E-state index contributed by atoms with van der Waals surface area (Å²) in [5.74, 6) is 0.857. The Hall–Kier alpha value is -0.540. The van der Waals surface area contributed by atoms with Crippen LogP contribution in [0.25, 0.3) is 0 Å². The lowest BCUT2D eigenvalue weighted by atomic mass is 10.2. The molecule has 0 aliphatic rings. The standard InChI is InChI=1S/C10H14BrNO/c1-7-3-4-9(5-10(7)11)13-8(2)6-12/h3-5,8H,6,12H2,1-2H3. The van der Waals surface area contributed by atoms with Gasteiger partial charge in [0.2, 0.25) is 0 Å². The molecule has 0 amide bonds.